The smallest absolute Gasteiger partial charge is 0.307 e. The number of thioether (sulfide) groups is 1. The highest BCUT2D eigenvalue weighted by Gasteiger charge is 2.66. The van der Waals surface area contributed by atoms with Crippen molar-refractivity contribution in [2.45, 2.75) is 32.4 Å². The summed E-state index contributed by atoms with van der Waals surface area (Å²) in [5, 5.41) is 9.64. The predicted molar refractivity (Wildman–Crippen MR) is 71.5 cm³/mol. The molecule has 0 aromatic carbocycles. The molecule has 0 radical (unpaired) electrons. The Morgan fingerprint density at radius 3 is 2.56 bits per heavy atom. The van der Waals surface area contributed by atoms with E-state index >= 15 is 0 Å². The van der Waals surface area contributed by atoms with Crippen LogP contribution in [-0.4, -0.2) is 46.0 Å². The number of nitrogens with zero attached hydrogens (tertiary/aromatic N) is 1. The van der Waals surface area contributed by atoms with Crippen molar-refractivity contribution < 1.29 is 14.7 Å². The van der Waals surface area contributed by atoms with Gasteiger partial charge in [0.15, 0.2) is 0 Å². The van der Waals surface area contributed by atoms with Gasteiger partial charge in [-0.05, 0) is 11.8 Å². The maximum Gasteiger partial charge on any atom is 0.307 e. The van der Waals surface area contributed by atoms with Gasteiger partial charge in [0.2, 0.25) is 5.91 Å². The number of carbonyl (C=O) groups is 2. The van der Waals surface area contributed by atoms with Gasteiger partial charge in [-0.2, -0.15) is 11.8 Å². The van der Waals surface area contributed by atoms with Crippen LogP contribution >= 0.6 is 11.8 Å². The summed E-state index contributed by atoms with van der Waals surface area (Å²) in [5.74, 6) is -0.645. The van der Waals surface area contributed by atoms with E-state index in [0.717, 1.165) is 25.3 Å². The normalized spacial score (nSPS) is 34.2. The Labute approximate surface area is 112 Å². The molecule has 0 bridgehead atoms. The number of aliphatic carboxylic acids is 1. The Morgan fingerprint density at radius 1 is 1.39 bits per heavy atom. The van der Waals surface area contributed by atoms with Crippen LogP contribution < -0.4 is 0 Å². The van der Waals surface area contributed by atoms with Crippen molar-refractivity contribution in [2.75, 3.05) is 18.8 Å². The minimum absolute atomic E-state index is 0.0474. The largest absolute Gasteiger partial charge is 0.481 e. The van der Waals surface area contributed by atoms with Gasteiger partial charge in [0.1, 0.15) is 0 Å². The predicted octanol–water partition coefficient (Wildman–Crippen LogP) is 1.70. The Kier molecular flexibility index (Phi) is 3.63. The van der Waals surface area contributed by atoms with Gasteiger partial charge in [-0.1, -0.05) is 20.8 Å². The first kappa shape index (κ1) is 13.7. The highest BCUT2D eigenvalue weighted by Crippen LogP contribution is 2.59. The second-order valence-corrected chi connectivity index (χ2v) is 7.21. The first-order chi connectivity index (χ1) is 8.39. The van der Waals surface area contributed by atoms with E-state index in [1.54, 1.807) is 0 Å². The van der Waals surface area contributed by atoms with Crippen LogP contribution in [0.2, 0.25) is 0 Å². The molecule has 1 aliphatic carbocycles. The molecule has 18 heavy (non-hydrogen) atoms. The Hall–Kier alpha value is -0.710. The third kappa shape index (κ3) is 2.25. The van der Waals surface area contributed by atoms with Crippen LogP contribution in [0, 0.1) is 17.3 Å². The number of carboxylic acids is 1. The SMILES string of the molecule is CCC1CN(C(=O)C2C(C(=O)O)C2(C)C)CCS1. The molecule has 4 nitrogen and oxygen atoms in total. The number of hydrogen-bond acceptors (Lipinski definition) is 3. The third-order valence-electron chi connectivity index (χ3n) is 4.27. The lowest BCUT2D eigenvalue weighted by Crippen LogP contribution is -2.43. The van der Waals surface area contributed by atoms with Gasteiger partial charge in [-0.25, -0.2) is 0 Å². The molecular formula is C13H21NO3S. The molecule has 3 atom stereocenters. The van der Waals surface area contributed by atoms with Crippen molar-refractivity contribution in [1.82, 2.24) is 4.90 Å². The summed E-state index contributed by atoms with van der Waals surface area (Å²) in [6.45, 7) is 7.43. The van der Waals surface area contributed by atoms with E-state index in [9.17, 15) is 9.59 Å². The van der Waals surface area contributed by atoms with Crippen molar-refractivity contribution >= 4 is 23.6 Å². The molecule has 1 saturated carbocycles. The average molecular weight is 271 g/mol. The first-order valence-corrected chi connectivity index (χ1v) is 7.57. The van der Waals surface area contributed by atoms with Gasteiger partial charge in [0, 0.05) is 24.1 Å². The number of carbonyl (C=O) groups excluding carboxylic acids is 1. The molecule has 0 aromatic rings. The molecule has 1 amide bonds. The molecule has 0 aromatic heterocycles. The van der Waals surface area contributed by atoms with Gasteiger partial charge >= 0.3 is 5.97 Å². The van der Waals surface area contributed by atoms with Crippen LogP contribution in [0.4, 0.5) is 0 Å². The van der Waals surface area contributed by atoms with Crippen LogP contribution in [0.15, 0.2) is 0 Å². The van der Waals surface area contributed by atoms with Crippen molar-refractivity contribution in [3.05, 3.63) is 0 Å². The fraction of sp³-hybridized carbons (Fsp3) is 0.846. The molecule has 5 heteroatoms. The molecule has 1 saturated heterocycles. The topological polar surface area (TPSA) is 57.6 Å². The quantitative estimate of drug-likeness (QED) is 0.849. The molecule has 0 spiro atoms. The van der Waals surface area contributed by atoms with Gasteiger partial charge in [0.25, 0.3) is 0 Å². The number of carboxylic acid groups (broad SMARTS) is 1. The second-order valence-electron chi connectivity index (χ2n) is 5.80. The van der Waals surface area contributed by atoms with E-state index in [0.29, 0.717) is 5.25 Å². The summed E-state index contributed by atoms with van der Waals surface area (Å²) < 4.78 is 0. The second kappa shape index (κ2) is 4.76. The molecule has 1 aliphatic heterocycles. The van der Waals surface area contributed by atoms with Crippen molar-refractivity contribution in [3.63, 3.8) is 0 Å². The summed E-state index contributed by atoms with van der Waals surface area (Å²) in [4.78, 5) is 25.4. The summed E-state index contributed by atoms with van der Waals surface area (Å²) in [5.41, 5.74) is -0.380. The minimum atomic E-state index is -0.836. The number of rotatable bonds is 3. The molecule has 2 rings (SSSR count). The fourth-order valence-electron chi connectivity index (χ4n) is 2.92. The zero-order valence-electron chi connectivity index (χ0n) is 11.2. The zero-order valence-corrected chi connectivity index (χ0v) is 12.0. The average Bonchev–Trinajstić information content (AvgIpc) is 2.91. The molecule has 102 valence electrons. The van der Waals surface area contributed by atoms with Crippen LogP contribution in [0.1, 0.15) is 27.2 Å². The lowest BCUT2D eigenvalue weighted by Gasteiger charge is -2.32. The summed E-state index contributed by atoms with van der Waals surface area (Å²) in [6.07, 6.45) is 1.06. The maximum atomic E-state index is 12.4. The van der Waals surface area contributed by atoms with Crippen LogP contribution in [0.3, 0.4) is 0 Å². The monoisotopic (exact) mass is 271 g/mol. The van der Waals surface area contributed by atoms with Crippen molar-refractivity contribution in [3.8, 4) is 0 Å². The van der Waals surface area contributed by atoms with E-state index in [4.69, 9.17) is 5.11 Å². The van der Waals surface area contributed by atoms with E-state index in [2.05, 4.69) is 6.92 Å². The molecule has 3 unspecified atom stereocenters. The van der Waals surface area contributed by atoms with Gasteiger partial charge < -0.3 is 10.0 Å². The summed E-state index contributed by atoms with van der Waals surface area (Å²) in [7, 11) is 0. The van der Waals surface area contributed by atoms with E-state index in [-0.39, 0.29) is 17.2 Å². The maximum absolute atomic E-state index is 12.4. The Balaban J connectivity index is 2.02. The summed E-state index contributed by atoms with van der Waals surface area (Å²) >= 11 is 1.91. The highest BCUT2D eigenvalue weighted by atomic mass is 32.2. The van der Waals surface area contributed by atoms with Crippen molar-refractivity contribution in [1.29, 1.82) is 0 Å². The molecule has 2 fully saturated rings. The van der Waals surface area contributed by atoms with Gasteiger partial charge in [-0.15, -0.1) is 0 Å². The van der Waals surface area contributed by atoms with Gasteiger partial charge in [0.05, 0.1) is 11.8 Å². The highest BCUT2D eigenvalue weighted by molar-refractivity contribution is 8.00. The molecule has 1 N–H and O–H groups in total. The van der Waals surface area contributed by atoms with Gasteiger partial charge in [-0.3, -0.25) is 9.59 Å². The number of hydrogen-bond donors (Lipinski definition) is 1. The van der Waals surface area contributed by atoms with Crippen LogP contribution in [-0.2, 0) is 9.59 Å². The van der Waals surface area contributed by atoms with E-state index < -0.39 is 11.9 Å². The van der Waals surface area contributed by atoms with Crippen LogP contribution in [0.25, 0.3) is 0 Å². The standard InChI is InChI=1S/C13H21NO3S/c1-4-8-7-14(5-6-18-8)11(15)9-10(12(16)17)13(9,2)3/h8-10H,4-7H2,1-3H3,(H,16,17). The third-order valence-corrected chi connectivity index (χ3v) is 5.64. The summed E-state index contributed by atoms with van der Waals surface area (Å²) in [6, 6.07) is 0. The Morgan fingerprint density at radius 2 is 2.06 bits per heavy atom. The van der Waals surface area contributed by atoms with Crippen LogP contribution in [0.5, 0.6) is 0 Å². The van der Waals surface area contributed by atoms with E-state index in [1.165, 1.54) is 0 Å². The van der Waals surface area contributed by atoms with Crippen molar-refractivity contribution in [2.24, 2.45) is 17.3 Å². The number of amides is 1. The molecule has 1 heterocycles. The zero-order chi connectivity index (χ0) is 13.5. The lowest BCUT2D eigenvalue weighted by molar-refractivity contribution is -0.142. The molecular weight excluding hydrogens is 250 g/mol. The fourth-order valence-corrected chi connectivity index (χ4v) is 4.10. The Bertz CT molecular complexity index is 369. The van der Waals surface area contributed by atoms with E-state index in [1.807, 2.05) is 30.5 Å². The molecule has 2 aliphatic rings. The minimum Gasteiger partial charge on any atom is -0.481 e. The first-order valence-electron chi connectivity index (χ1n) is 6.52. The lowest BCUT2D eigenvalue weighted by atomic mass is 10.1.